The molecular formula is C21H24N4O2. The summed E-state index contributed by atoms with van der Waals surface area (Å²) < 4.78 is 7.64. The third kappa shape index (κ3) is 4.73. The monoisotopic (exact) mass is 364 g/mol. The highest BCUT2D eigenvalue weighted by Crippen LogP contribution is 2.22. The molecule has 0 fully saturated rings. The van der Waals surface area contributed by atoms with Gasteiger partial charge in [0.2, 0.25) is 0 Å². The Kier molecular flexibility index (Phi) is 5.86. The molecule has 1 atom stereocenters. The molecule has 0 aliphatic heterocycles. The van der Waals surface area contributed by atoms with Crippen molar-refractivity contribution >= 4 is 5.91 Å². The van der Waals surface area contributed by atoms with E-state index >= 15 is 0 Å². The zero-order valence-corrected chi connectivity index (χ0v) is 15.8. The Hall–Kier alpha value is -3.15. The lowest BCUT2D eigenvalue weighted by Crippen LogP contribution is -2.31. The second-order valence-corrected chi connectivity index (χ2v) is 6.74. The number of hydrogen-bond acceptors (Lipinski definition) is 4. The maximum atomic E-state index is 12.7. The van der Waals surface area contributed by atoms with E-state index in [-0.39, 0.29) is 17.9 Å². The number of rotatable bonds is 7. The lowest BCUT2D eigenvalue weighted by Gasteiger charge is -2.23. The second-order valence-electron chi connectivity index (χ2n) is 6.74. The summed E-state index contributed by atoms with van der Waals surface area (Å²) in [5.41, 5.74) is 1.64. The first-order valence-electron chi connectivity index (χ1n) is 8.94. The van der Waals surface area contributed by atoms with Crippen molar-refractivity contribution in [3.8, 4) is 5.75 Å². The van der Waals surface area contributed by atoms with Crippen LogP contribution in [0.4, 0.5) is 0 Å². The van der Waals surface area contributed by atoms with Gasteiger partial charge in [-0.05, 0) is 47.9 Å². The highest BCUT2D eigenvalue weighted by atomic mass is 16.5. The average molecular weight is 364 g/mol. The minimum absolute atomic E-state index is 0.0696. The third-order valence-electron chi connectivity index (χ3n) is 4.42. The van der Waals surface area contributed by atoms with Crippen LogP contribution in [0.25, 0.3) is 0 Å². The molecule has 1 N–H and O–H groups in total. The fourth-order valence-corrected chi connectivity index (χ4v) is 2.82. The summed E-state index contributed by atoms with van der Waals surface area (Å²) in [4.78, 5) is 20.9. The average Bonchev–Trinajstić information content (AvgIpc) is 3.10. The topological polar surface area (TPSA) is 69.0 Å². The van der Waals surface area contributed by atoms with Crippen molar-refractivity contribution in [3.63, 3.8) is 0 Å². The van der Waals surface area contributed by atoms with Crippen LogP contribution in [0.2, 0.25) is 0 Å². The van der Waals surface area contributed by atoms with E-state index < -0.39 is 0 Å². The summed E-state index contributed by atoms with van der Waals surface area (Å²) in [5.74, 6) is 1.69. The molecule has 0 aliphatic carbocycles. The quantitative estimate of drug-likeness (QED) is 0.696. The molecule has 1 aromatic carbocycles. The molecule has 3 aromatic rings. The number of aromatic nitrogens is 3. The fourth-order valence-electron chi connectivity index (χ4n) is 2.82. The molecule has 0 spiro atoms. The molecule has 0 saturated carbocycles. The van der Waals surface area contributed by atoms with E-state index in [9.17, 15) is 4.79 Å². The molecule has 0 saturated heterocycles. The molecule has 0 bridgehead atoms. The summed E-state index contributed by atoms with van der Waals surface area (Å²) in [6, 6.07) is 10.9. The minimum Gasteiger partial charge on any atom is -0.486 e. The molecule has 3 rings (SSSR count). The first kappa shape index (κ1) is 18.6. The first-order chi connectivity index (χ1) is 13.0. The standard InChI is InChI=1S/C21H24N4O2/c1-15(2)20(16-8-10-22-11-9-16)24-21(26)17-4-6-18(7-5-17)27-14-19-23-12-13-25(19)3/h4-13,15,20H,14H2,1-3H3,(H,24,26). The van der Waals surface area contributed by atoms with E-state index in [0.29, 0.717) is 17.9 Å². The van der Waals surface area contributed by atoms with Gasteiger partial charge in [-0.1, -0.05) is 13.8 Å². The molecule has 6 nitrogen and oxygen atoms in total. The number of ether oxygens (including phenoxy) is 1. The molecular weight excluding hydrogens is 340 g/mol. The number of pyridine rings is 1. The van der Waals surface area contributed by atoms with Crippen molar-refractivity contribution in [1.82, 2.24) is 19.9 Å². The number of aryl methyl sites for hydroxylation is 1. The fraction of sp³-hybridized carbons (Fsp3) is 0.286. The highest BCUT2D eigenvalue weighted by Gasteiger charge is 2.19. The zero-order valence-electron chi connectivity index (χ0n) is 15.8. The SMILES string of the molecule is CC(C)C(NC(=O)c1ccc(OCc2nccn2C)cc1)c1ccncc1. The minimum atomic E-state index is -0.110. The number of nitrogens with zero attached hydrogens (tertiary/aromatic N) is 3. The van der Waals surface area contributed by atoms with Gasteiger partial charge in [0.1, 0.15) is 18.2 Å². The predicted octanol–water partition coefficient (Wildman–Crippen LogP) is 3.52. The van der Waals surface area contributed by atoms with Crippen LogP contribution in [-0.4, -0.2) is 20.4 Å². The Morgan fingerprint density at radius 1 is 1.11 bits per heavy atom. The number of carbonyl (C=O) groups is 1. The van der Waals surface area contributed by atoms with Crippen LogP contribution in [0.15, 0.2) is 61.2 Å². The summed E-state index contributed by atoms with van der Waals surface area (Å²) in [5, 5.41) is 3.11. The van der Waals surface area contributed by atoms with Gasteiger partial charge in [0.15, 0.2) is 0 Å². The Morgan fingerprint density at radius 2 is 1.81 bits per heavy atom. The van der Waals surface area contributed by atoms with Crippen LogP contribution in [0, 0.1) is 5.92 Å². The Labute approximate surface area is 159 Å². The molecule has 0 aliphatic rings. The van der Waals surface area contributed by atoms with Crippen molar-refractivity contribution in [3.05, 3.63) is 78.1 Å². The summed E-state index contributed by atoms with van der Waals surface area (Å²) in [6.45, 7) is 4.55. The Bertz CT molecular complexity index is 873. The lowest BCUT2D eigenvalue weighted by atomic mass is 9.96. The van der Waals surface area contributed by atoms with Crippen LogP contribution in [0.5, 0.6) is 5.75 Å². The van der Waals surface area contributed by atoms with Crippen LogP contribution < -0.4 is 10.1 Å². The molecule has 1 unspecified atom stereocenters. The highest BCUT2D eigenvalue weighted by molar-refractivity contribution is 5.94. The number of nitrogens with one attached hydrogen (secondary N) is 1. The van der Waals surface area contributed by atoms with Gasteiger partial charge < -0.3 is 14.6 Å². The van der Waals surface area contributed by atoms with Gasteiger partial charge >= 0.3 is 0 Å². The van der Waals surface area contributed by atoms with E-state index in [1.807, 2.05) is 29.9 Å². The van der Waals surface area contributed by atoms with Gasteiger partial charge in [-0.2, -0.15) is 0 Å². The van der Waals surface area contributed by atoms with Gasteiger partial charge in [-0.25, -0.2) is 4.98 Å². The number of carbonyl (C=O) groups excluding carboxylic acids is 1. The molecule has 0 radical (unpaired) electrons. The number of imidazole rings is 1. The van der Waals surface area contributed by atoms with E-state index in [4.69, 9.17) is 4.74 Å². The largest absolute Gasteiger partial charge is 0.486 e. The normalized spacial score (nSPS) is 12.0. The molecule has 27 heavy (non-hydrogen) atoms. The van der Waals surface area contributed by atoms with Gasteiger partial charge in [0.25, 0.3) is 5.91 Å². The van der Waals surface area contributed by atoms with Crippen molar-refractivity contribution in [2.45, 2.75) is 26.5 Å². The first-order valence-corrected chi connectivity index (χ1v) is 8.94. The molecule has 6 heteroatoms. The zero-order chi connectivity index (χ0) is 19.2. The summed E-state index contributed by atoms with van der Waals surface area (Å²) in [6.07, 6.45) is 7.09. The maximum absolute atomic E-state index is 12.7. The smallest absolute Gasteiger partial charge is 0.251 e. The van der Waals surface area contributed by atoms with Gasteiger partial charge in [-0.3, -0.25) is 9.78 Å². The number of benzene rings is 1. The number of hydrogen-bond donors (Lipinski definition) is 1. The third-order valence-corrected chi connectivity index (χ3v) is 4.42. The molecule has 2 heterocycles. The van der Waals surface area contributed by atoms with Gasteiger partial charge in [0.05, 0.1) is 6.04 Å². The lowest BCUT2D eigenvalue weighted by molar-refractivity contribution is 0.0925. The predicted molar refractivity (Wildman–Crippen MR) is 103 cm³/mol. The van der Waals surface area contributed by atoms with E-state index in [0.717, 1.165) is 11.4 Å². The Balaban J connectivity index is 1.63. The molecule has 140 valence electrons. The van der Waals surface area contributed by atoms with E-state index in [1.54, 1.807) is 42.9 Å². The van der Waals surface area contributed by atoms with Gasteiger partial charge in [0, 0.05) is 37.4 Å². The van der Waals surface area contributed by atoms with Crippen LogP contribution >= 0.6 is 0 Å². The molecule has 2 aromatic heterocycles. The van der Waals surface area contributed by atoms with E-state index in [2.05, 4.69) is 29.1 Å². The van der Waals surface area contributed by atoms with E-state index in [1.165, 1.54) is 0 Å². The van der Waals surface area contributed by atoms with Crippen LogP contribution in [0.3, 0.4) is 0 Å². The van der Waals surface area contributed by atoms with Crippen LogP contribution in [0.1, 0.15) is 41.6 Å². The van der Waals surface area contributed by atoms with Gasteiger partial charge in [-0.15, -0.1) is 0 Å². The summed E-state index contributed by atoms with van der Waals surface area (Å²) >= 11 is 0. The van der Waals surface area contributed by atoms with Crippen molar-refractivity contribution < 1.29 is 9.53 Å². The van der Waals surface area contributed by atoms with Crippen molar-refractivity contribution in [2.24, 2.45) is 13.0 Å². The van der Waals surface area contributed by atoms with Crippen molar-refractivity contribution in [2.75, 3.05) is 0 Å². The van der Waals surface area contributed by atoms with Crippen molar-refractivity contribution in [1.29, 1.82) is 0 Å². The second kappa shape index (κ2) is 8.49. The number of amides is 1. The van der Waals surface area contributed by atoms with Crippen LogP contribution in [-0.2, 0) is 13.7 Å². The summed E-state index contributed by atoms with van der Waals surface area (Å²) in [7, 11) is 1.92. The molecule has 1 amide bonds. The maximum Gasteiger partial charge on any atom is 0.251 e. The Morgan fingerprint density at radius 3 is 2.41 bits per heavy atom.